The first-order valence-electron chi connectivity index (χ1n) is 4.07. The van der Waals surface area contributed by atoms with Crippen LogP contribution in [-0.4, -0.2) is 11.2 Å². The fourth-order valence-corrected chi connectivity index (χ4v) is 2.06. The predicted molar refractivity (Wildman–Crippen MR) is 31.9 cm³/mol. The van der Waals surface area contributed by atoms with Crippen LogP contribution in [0.15, 0.2) is 4.52 Å². The molecule has 70 valence electrons. The number of hydrogen-bond donors (Lipinski definition) is 0. The summed E-state index contributed by atoms with van der Waals surface area (Å²) in [6, 6.07) is -0.928. The molecule has 0 amide bonds. The Hall–Kier alpha value is -1.20. The van der Waals surface area contributed by atoms with E-state index in [9.17, 15) is 13.9 Å². The van der Waals surface area contributed by atoms with Crippen molar-refractivity contribution in [2.75, 3.05) is 0 Å². The van der Waals surface area contributed by atoms with Crippen LogP contribution in [0.25, 0.3) is 0 Å². The number of hydrogen-bond acceptors (Lipinski definition) is 3. The molecule has 1 saturated carbocycles. The molecule has 2 heterocycles. The Bertz CT molecular complexity index is 377. The van der Waals surface area contributed by atoms with Crippen LogP contribution in [0.4, 0.5) is 8.78 Å². The molecular formula is C7H6F2N2O2. The van der Waals surface area contributed by atoms with Crippen LogP contribution < -0.4 is 9.79 Å². The fraction of sp³-hybridized carbons (Fsp3) is 0.714. The third-order valence-electron chi connectivity index (χ3n) is 2.84. The summed E-state index contributed by atoms with van der Waals surface area (Å²) in [6.45, 7) is 0. The maximum absolute atomic E-state index is 13.0. The van der Waals surface area contributed by atoms with Crippen molar-refractivity contribution < 1.29 is 23.1 Å². The van der Waals surface area contributed by atoms with Gasteiger partial charge in [0, 0.05) is 6.42 Å². The van der Waals surface area contributed by atoms with Crippen LogP contribution in [0.3, 0.4) is 0 Å². The minimum atomic E-state index is -2.70. The molecule has 0 bridgehead atoms. The molecule has 4 nitrogen and oxygen atoms in total. The number of fused-ring (bicyclic) bond motifs is 3. The first-order valence-corrected chi connectivity index (χ1v) is 4.07. The highest BCUT2D eigenvalue weighted by atomic mass is 19.3. The summed E-state index contributed by atoms with van der Waals surface area (Å²) in [5, 5.41) is 14.3. The van der Waals surface area contributed by atoms with E-state index < -0.39 is 23.8 Å². The lowest BCUT2D eigenvalue weighted by molar-refractivity contribution is -0.782. The molecule has 6 heteroatoms. The summed E-state index contributed by atoms with van der Waals surface area (Å²) in [7, 11) is 0. The molecule has 0 radical (unpaired) electrons. The van der Waals surface area contributed by atoms with E-state index in [0.29, 0.717) is 12.8 Å². The van der Waals surface area contributed by atoms with Crippen molar-refractivity contribution in [3.63, 3.8) is 0 Å². The molecule has 3 rings (SSSR count). The molecule has 1 aliphatic heterocycles. The average molecular weight is 188 g/mol. The second-order valence-corrected chi connectivity index (χ2v) is 3.52. The van der Waals surface area contributed by atoms with Crippen LogP contribution >= 0.6 is 0 Å². The van der Waals surface area contributed by atoms with Crippen molar-refractivity contribution in [1.82, 2.24) is 5.27 Å². The summed E-state index contributed by atoms with van der Waals surface area (Å²) in [5.74, 6) is -3.92. The molecular weight excluding hydrogens is 182 g/mol. The zero-order chi connectivity index (χ0) is 9.22. The van der Waals surface area contributed by atoms with Crippen molar-refractivity contribution in [3.05, 3.63) is 5.69 Å². The standard InChI is InChI=1S/C7H6F2N2O2/c8-7(9)3-1-2-4-6(12)13-10-11(4)5(3)7/h3,5H,1-2H2. The molecule has 1 aromatic heterocycles. The SMILES string of the molecule is [O-]c1on[n+]2c1CCC1C2C1(F)F. The van der Waals surface area contributed by atoms with Crippen LogP contribution in [-0.2, 0) is 6.42 Å². The van der Waals surface area contributed by atoms with E-state index in [1.54, 1.807) is 0 Å². The molecule has 1 fully saturated rings. The molecule has 0 aromatic carbocycles. The van der Waals surface area contributed by atoms with Gasteiger partial charge in [-0.15, -0.1) is 0 Å². The van der Waals surface area contributed by atoms with Gasteiger partial charge in [0.15, 0.2) is 5.95 Å². The number of aromatic nitrogens is 2. The third kappa shape index (κ3) is 0.691. The zero-order valence-corrected chi connectivity index (χ0v) is 6.54. The van der Waals surface area contributed by atoms with E-state index >= 15 is 0 Å². The fourth-order valence-electron chi connectivity index (χ4n) is 2.06. The van der Waals surface area contributed by atoms with Crippen molar-refractivity contribution in [2.45, 2.75) is 24.8 Å². The van der Waals surface area contributed by atoms with Crippen LogP contribution in [0.5, 0.6) is 5.95 Å². The van der Waals surface area contributed by atoms with Gasteiger partial charge in [-0.05, 0) is 6.42 Å². The monoisotopic (exact) mass is 188 g/mol. The Morgan fingerprint density at radius 3 is 3.15 bits per heavy atom. The second-order valence-electron chi connectivity index (χ2n) is 3.52. The molecule has 2 atom stereocenters. The zero-order valence-electron chi connectivity index (χ0n) is 6.54. The lowest BCUT2D eigenvalue weighted by Crippen LogP contribution is -2.42. The molecule has 0 N–H and O–H groups in total. The van der Waals surface area contributed by atoms with Crippen molar-refractivity contribution in [2.24, 2.45) is 5.92 Å². The largest absolute Gasteiger partial charge is 0.539 e. The molecule has 2 aliphatic rings. The van der Waals surface area contributed by atoms with Gasteiger partial charge in [-0.2, -0.15) is 8.78 Å². The van der Waals surface area contributed by atoms with Crippen molar-refractivity contribution >= 4 is 0 Å². The van der Waals surface area contributed by atoms with Gasteiger partial charge < -0.3 is 9.63 Å². The van der Waals surface area contributed by atoms with Gasteiger partial charge in [0.25, 0.3) is 6.04 Å². The molecule has 1 aliphatic carbocycles. The minimum absolute atomic E-state index is 0.276. The molecule has 2 unspecified atom stereocenters. The van der Waals surface area contributed by atoms with E-state index in [1.165, 1.54) is 0 Å². The predicted octanol–water partition coefficient (Wildman–Crippen LogP) is -0.212. The van der Waals surface area contributed by atoms with Crippen LogP contribution in [0, 0.1) is 5.92 Å². The van der Waals surface area contributed by atoms with E-state index in [1.807, 2.05) is 0 Å². The average Bonchev–Trinajstić information content (AvgIpc) is 2.50. The maximum atomic E-state index is 13.0. The van der Waals surface area contributed by atoms with E-state index in [0.717, 1.165) is 4.68 Å². The van der Waals surface area contributed by atoms with Gasteiger partial charge in [-0.1, -0.05) is 4.68 Å². The molecule has 0 spiro atoms. The summed E-state index contributed by atoms with van der Waals surface area (Å²) >= 11 is 0. The quantitative estimate of drug-likeness (QED) is 0.529. The lowest BCUT2D eigenvalue weighted by atomic mass is 10.1. The van der Waals surface area contributed by atoms with E-state index in [4.69, 9.17) is 0 Å². The van der Waals surface area contributed by atoms with Gasteiger partial charge in [0.1, 0.15) is 5.92 Å². The molecule has 13 heavy (non-hydrogen) atoms. The summed E-state index contributed by atoms with van der Waals surface area (Å²) in [4.78, 5) is 0. The summed E-state index contributed by atoms with van der Waals surface area (Å²) in [5.41, 5.74) is 0.276. The topological polar surface area (TPSA) is 53.0 Å². The molecule has 1 aromatic rings. The van der Waals surface area contributed by atoms with Crippen molar-refractivity contribution in [3.8, 4) is 5.95 Å². The third-order valence-corrected chi connectivity index (χ3v) is 2.84. The van der Waals surface area contributed by atoms with Gasteiger partial charge in [-0.25, -0.2) is 0 Å². The highest BCUT2D eigenvalue weighted by Crippen LogP contribution is 2.59. The second kappa shape index (κ2) is 1.83. The summed E-state index contributed by atoms with van der Waals surface area (Å²) in [6.07, 6.45) is 0.702. The van der Waals surface area contributed by atoms with Gasteiger partial charge in [-0.3, -0.25) is 0 Å². The number of alkyl halides is 2. The normalized spacial score (nSPS) is 33.7. The van der Waals surface area contributed by atoms with E-state index in [-0.39, 0.29) is 5.69 Å². The Balaban J connectivity index is 2.11. The highest BCUT2D eigenvalue weighted by molar-refractivity contribution is 5.12. The summed E-state index contributed by atoms with van der Waals surface area (Å²) < 4.78 is 31.4. The number of rotatable bonds is 0. The number of halogens is 2. The van der Waals surface area contributed by atoms with Crippen molar-refractivity contribution in [1.29, 1.82) is 0 Å². The molecule has 0 saturated heterocycles. The maximum Gasteiger partial charge on any atom is 0.320 e. The van der Waals surface area contributed by atoms with Crippen LogP contribution in [0.1, 0.15) is 18.2 Å². The highest BCUT2D eigenvalue weighted by Gasteiger charge is 2.78. The Morgan fingerprint density at radius 1 is 1.62 bits per heavy atom. The van der Waals surface area contributed by atoms with Gasteiger partial charge in [0.2, 0.25) is 5.69 Å². The Kier molecular flexibility index (Phi) is 1.02. The van der Waals surface area contributed by atoms with Gasteiger partial charge >= 0.3 is 5.92 Å². The smallest absolute Gasteiger partial charge is 0.320 e. The lowest BCUT2D eigenvalue weighted by Gasteiger charge is -1.99. The first kappa shape index (κ1) is 7.23. The van der Waals surface area contributed by atoms with Gasteiger partial charge in [0.05, 0.1) is 5.27 Å². The van der Waals surface area contributed by atoms with Crippen LogP contribution in [0.2, 0.25) is 0 Å². The number of nitrogens with zero attached hydrogens (tertiary/aromatic N) is 2. The minimum Gasteiger partial charge on any atom is -0.539 e. The Morgan fingerprint density at radius 2 is 2.38 bits per heavy atom. The Labute approximate surface area is 71.7 Å². The first-order chi connectivity index (χ1) is 6.12. The van der Waals surface area contributed by atoms with E-state index in [2.05, 4.69) is 9.79 Å².